The number of carbonyl (C=O) groups is 1. The average molecular weight is 263 g/mol. The molecule has 0 amide bonds. The quantitative estimate of drug-likeness (QED) is 0.682. The Balaban J connectivity index is 2.02. The molecule has 1 aromatic carbocycles. The first-order valence-corrected chi connectivity index (χ1v) is 5.65. The number of hydrogen-bond donors (Lipinski definition) is 1. The van der Waals surface area contributed by atoms with E-state index in [0.29, 0.717) is 16.3 Å². The summed E-state index contributed by atoms with van der Waals surface area (Å²) in [5, 5.41) is 0.416. The first kappa shape index (κ1) is 12.4. The number of nitrogens with zero attached hydrogens (tertiary/aromatic N) is 1. The molecule has 5 heteroatoms. The molecule has 0 atom stereocenters. The van der Waals surface area contributed by atoms with E-state index in [4.69, 9.17) is 22.1 Å². The van der Waals surface area contributed by atoms with Gasteiger partial charge < -0.3 is 10.5 Å². The molecular formula is C13H11ClN2O2. The second-order valence-corrected chi connectivity index (χ2v) is 4.08. The molecule has 1 aromatic heterocycles. The van der Waals surface area contributed by atoms with Crippen molar-refractivity contribution in [2.24, 2.45) is 0 Å². The number of benzene rings is 1. The van der Waals surface area contributed by atoms with Crippen LogP contribution in [0.4, 0.5) is 5.69 Å². The molecule has 0 aliphatic carbocycles. The maximum atomic E-state index is 11.7. The van der Waals surface area contributed by atoms with Crippen LogP contribution in [0.2, 0.25) is 5.02 Å². The van der Waals surface area contributed by atoms with E-state index in [1.54, 1.807) is 30.6 Å². The van der Waals surface area contributed by atoms with Gasteiger partial charge in [-0.05, 0) is 24.3 Å². The van der Waals surface area contributed by atoms with Gasteiger partial charge in [0.05, 0.1) is 16.3 Å². The third-order valence-corrected chi connectivity index (χ3v) is 2.67. The van der Waals surface area contributed by atoms with Gasteiger partial charge in [-0.2, -0.15) is 0 Å². The standard InChI is InChI=1S/C13H11ClN2O2/c14-11-4-3-10(6-12(11)15)13(17)18-8-9-2-1-5-16-7-9/h1-7H,8,15H2. The highest BCUT2D eigenvalue weighted by atomic mass is 35.5. The molecule has 0 unspecified atom stereocenters. The Morgan fingerprint density at radius 1 is 1.39 bits per heavy atom. The predicted octanol–water partition coefficient (Wildman–Crippen LogP) is 2.67. The van der Waals surface area contributed by atoms with E-state index >= 15 is 0 Å². The molecular weight excluding hydrogens is 252 g/mol. The molecule has 0 saturated carbocycles. The summed E-state index contributed by atoms with van der Waals surface area (Å²) in [7, 11) is 0. The second kappa shape index (κ2) is 5.51. The first-order valence-electron chi connectivity index (χ1n) is 5.28. The fourth-order valence-corrected chi connectivity index (χ4v) is 1.50. The van der Waals surface area contributed by atoms with Crippen molar-refractivity contribution in [2.45, 2.75) is 6.61 Å². The largest absolute Gasteiger partial charge is 0.457 e. The Labute approximate surface area is 109 Å². The third kappa shape index (κ3) is 2.99. The highest BCUT2D eigenvalue weighted by Crippen LogP contribution is 2.20. The lowest BCUT2D eigenvalue weighted by atomic mass is 10.2. The Morgan fingerprint density at radius 2 is 2.22 bits per heavy atom. The van der Waals surface area contributed by atoms with Crippen molar-refractivity contribution in [2.75, 3.05) is 5.73 Å². The molecule has 0 spiro atoms. The van der Waals surface area contributed by atoms with Crippen LogP contribution in [0.15, 0.2) is 42.7 Å². The zero-order valence-electron chi connectivity index (χ0n) is 9.47. The van der Waals surface area contributed by atoms with Crippen molar-refractivity contribution < 1.29 is 9.53 Å². The fourth-order valence-electron chi connectivity index (χ4n) is 1.39. The summed E-state index contributed by atoms with van der Waals surface area (Å²) in [5.74, 6) is -0.442. The molecule has 2 N–H and O–H groups in total. The summed E-state index contributed by atoms with van der Waals surface area (Å²) in [6.07, 6.45) is 3.30. The summed E-state index contributed by atoms with van der Waals surface area (Å²) < 4.78 is 5.13. The van der Waals surface area contributed by atoms with Crippen molar-refractivity contribution in [1.29, 1.82) is 0 Å². The number of nitrogens with two attached hydrogens (primary N) is 1. The highest BCUT2D eigenvalue weighted by Gasteiger charge is 2.09. The van der Waals surface area contributed by atoms with E-state index < -0.39 is 5.97 Å². The fraction of sp³-hybridized carbons (Fsp3) is 0.0769. The summed E-state index contributed by atoms with van der Waals surface area (Å²) in [6, 6.07) is 8.25. The molecule has 92 valence electrons. The van der Waals surface area contributed by atoms with Crippen LogP contribution in [0, 0.1) is 0 Å². The van der Waals surface area contributed by atoms with E-state index in [1.165, 1.54) is 6.07 Å². The molecule has 0 fully saturated rings. The SMILES string of the molecule is Nc1cc(C(=O)OCc2cccnc2)ccc1Cl. The number of anilines is 1. The minimum Gasteiger partial charge on any atom is -0.457 e. The van der Waals surface area contributed by atoms with E-state index in [-0.39, 0.29) is 6.61 Å². The van der Waals surface area contributed by atoms with Crippen molar-refractivity contribution in [3.8, 4) is 0 Å². The minimum absolute atomic E-state index is 0.176. The number of aromatic nitrogens is 1. The summed E-state index contributed by atoms with van der Waals surface area (Å²) in [4.78, 5) is 15.7. The van der Waals surface area contributed by atoms with Crippen molar-refractivity contribution in [3.63, 3.8) is 0 Å². The number of hydrogen-bond acceptors (Lipinski definition) is 4. The lowest BCUT2D eigenvalue weighted by Crippen LogP contribution is -2.06. The molecule has 2 rings (SSSR count). The smallest absolute Gasteiger partial charge is 0.338 e. The van der Waals surface area contributed by atoms with Gasteiger partial charge in [0.1, 0.15) is 6.61 Å². The molecule has 4 nitrogen and oxygen atoms in total. The van der Waals surface area contributed by atoms with Crippen LogP contribution >= 0.6 is 11.6 Å². The summed E-state index contributed by atoms with van der Waals surface area (Å²) >= 11 is 5.77. The van der Waals surface area contributed by atoms with Crippen LogP contribution in [0.25, 0.3) is 0 Å². The van der Waals surface area contributed by atoms with Crippen molar-refractivity contribution >= 4 is 23.3 Å². The number of pyridine rings is 1. The van der Waals surface area contributed by atoms with Gasteiger partial charge in [-0.3, -0.25) is 4.98 Å². The first-order chi connectivity index (χ1) is 8.66. The van der Waals surface area contributed by atoms with Crippen LogP contribution in [0.3, 0.4) is 0 Å². The Hall–Kier alpha value is -2.07. The Morgan fingerprint density at radius 3 is 2.89 bits per heavy atom. The zero-order valence-corrected chi connectivity index (χ0v) is 10.2. The van der Waals surface area contributed by atoms with Gasteiger partial charge in [-0.1, -0.05) is 17.7 Å². The molecule has 18 heavy (non-hydrogen) atoms. The maximum absolute atomic E-state index is 11.7. The molecule has 0 saturated heterocycles. The van der Waals surface area contributed by atoms with Crippen LogP contribution < -0.4 is 5.73 Å². The third-order valence-electron chi connectivity index (χ3n) is 2.32. The Bertz CT molecular complexity index is 558. The van der Waals surface area contributed by atoms with Crippen molar-refractivity contribution in [1.82, 2.24) is 4.98 Å². The van der Waals surface area contributed by atoms with E-state index in [0.717, 1.165) is 5.56 Å². The van der Waals surface area contributed by atoms with Crippen LogP contribution in [0.1, 0.15) is 15.9 Å². The van der Waals surface area contributed by atoms with E-state index in [1.807, 2.05) is 6.07 Å². The topological polar surface area (TPSA) is 65.2 Å². The van der Waals surface area contributed by atoms with Gasteiger partial charge in [-0.25, -0.2) is 4.79 Å². The summed E-state index contributed by atoms with van der Waals surface area (Å²) in [5.41, 5.74) is 7.17. The molecule has 0 bridgehead atoms. The average Bonchev–Trinajstić information content (AvgIpc) is 2.40. The lowest BCUT2D eigenvalue weighted by molar-refractivity contribution is 0.0472. The van der Waals surface area contributed by atoms with Crippen LogP contribution in [-0.4, -0.2) is 11.0 Å². The molecule has 0 radical (unpaired) electrons. The van der Waals surface area contributed by atoms with Gasteiger partial charge >= 0.3 is 5.97 Å². The van der Waals surface area contributed by atoms with Gasteiger partial charge in [0.25, 0.3) is 0 Å². The number of rotatable bonds is 3. The van der Waals surface area contributed by atoms with Crippen LogP contribution in [-0.2, 0) is 11.3 Å². The molecule has 1 heterocycles. The minimum atomic E-state index is -0.442. The number of carbonyl (C=O) groups excluding carboxylic acids is 1. The Kier molecular flexibility index (Phi) is 3.79. The van der Waals surface area contributed by atoms with Crippen LogP contribution in [0.5, 0.6) is 0 Å². The van der Waals surface area contributed by atoms with Gasteiger partial charge in [0.15, 0.2) is 0 Å². The zero-order chi connectivity index (χ0) is 13.0. The monoisotopic (exact) mass is 262 g/mol. The van der Waals surface area contributed by atoms with Gasteiger partial charge in [0, 0.05) is 18.0 Å². The van der Waals surface area contributed by atoms with Gasteiger partial charge in [-0.15, -0.1) is 0 Å². The normalized spacial score (nSPS) is 10.1. The van der Waals surface area contributed by atoms with Gasteiger partial charge in [0.2, 0.25) is 0 Å². The number of nitrogen functional groups attached to an aromatic ring is 1. The second-order valence-electron chi connectivity index (χ2n) is 3.67. The van der Waals surface area contributed by atoms with E-state index in [2.05, 4.69) is 4.98 Å². The predicted molar refractivity (Wildman–Crippen MR) is 69.2 cm³/mol. The van der Waals surface area contributed by atoms with Crippen molar-refractivity contribution in [3.05, 3.63) is 58.9 Å². The maximum Gasteiger partial charge on any atom is 0.338 e. The molecule has 0 aliphatic rings. The molecule has 2 aromatic rings. The number of esters is 1. The lowest BCUT2D eigenvalue weighted by Gasteiger charge is -2.05. The highest BCUT2D eigenvalue weighted by molar-refractivity contribution is 6.33. The number of ether oxygens (including phenoxy) is 1. The summed E-state index contributed by atoms with van der Waals surface area (Å²) in [6.45, 7) is 0.176. The van der Waals surface area contributed by atoms with E-state index in [9.17, 15) is 4.79 Å². The molecule has 0 aliphatic heterocycles. The number of halogens is 1.